The number of hydrogen-bond acceptors (Lipinski definition) is 2. The molecule has 1 fully saturated rings. The molecule has 0 spiro atoms. The number of hydrogen-bond donors (Lipinski definition) is 1. The molecular weight excluding hydrogens is 256 g/mol. The largest absolute Gasteiger partial charge is 0.481 e. The van der Waals surface area contributed by atoms with Gasteiger partial charge in [-0.2, -0.15) is 0 Å². The van der Waals surface area contributed by atoms with E-state index in [1.165, 1.54) is 0 Å². The topological polar surface area (TPSA) is 60.9 Å². The number of carbonyl (C=O) groups excluding carboxylic acids is 1. The van der Waals surface area contributed by atoms with Gasteiger partial charge in [-0.05, 0) is 25.7 Å². The van der Waals surface area contributed by atoms with E-state index in [1.54, 1.807) is 16.8 Å². The van der Waals surface area contributed by atoms with E-state index in [0.717, 1.165) is 19.3 Å². The van der Waals surface area contributed by atoms with Crippen LogP contribution in [0.15, 0.2) is 12.7 Å². The smallest absolute Gasteiger partial charge is 0.319 e. The minimum atomic E-state index is -0.774. The Labute approximate surface area is 121 Å². The van der Waals surface area contributed by atoms with Crippen molar-refractivity contribution < 1.29 is 14.7 Å². The molecule has 1 N–H and O–H groups in total. The van der Waals surface area contributed by atoms with Crippen LogP contribution in [0.25, 0.3) is 0 Å². The predicted octanol–water partition coefficient (Wildman–Crippen LogP) is 2.58. The Balaban J connectivity index is 2.59. The van der Waals surface area contributed by atoms with Gasteiger partial charge in [-0.3, -0.25) is 4.79 Å². The highest BCUT2D eigenvalue weighted by Gasteiger charge is 2.45. The summed E-state index contributed by atoms with van der Waals surface area (Å²) < 4.78 is 0. The zero-order chi connectivity index (χ0) is 15.2. The van der Waals surface area contributed by atoms with Crippen molar-refractivity contribution in [3.63, 3.8) is 0 Å². The molecule has 5 nitrogen and oxygen atoms in total. The molecule has 20 heavy (non-hydrogen) atoms. The molecular formula is C15H26N2O3. The van der Waals surface area contributed by atoms with Crippen molar-refractivity contribution in [2.24, 2.45) is 5.41 Å². The molecule has 1 aliphatic rings. The molecule has 1 atom stereocenters. The quantitative estimate of drug-likeness (QED) is 0.576. The third-order valence-electron chi connectivity index (χ3n) is 4.03. The first-order chi connectivity index (χ1) is 9.46. The van der Waals surface area contributed by atoms with E-state index >= 15 is 0 Å². The standard InChI is InChI=1S/C15H26N2O3/c1-4-6-7-10-16(3)14(20)17-11-9-15(12-17,8-5-2)13(18)19/h4H,1,5-12H2,2-3H3,(H,18,19). The van der Waals surface area contributed by atoms with E-state index in [2.05, 4.69) is 6.58 Å². The van der Waals surface area contributed by atoms with Gasteiger partial charge in [0.1, 0.15) is 0 Å². The molecule has 0 aromatic carbocycles. The number of rotatable bonds is 7. The maximum atomic E-state index is 12.3. The number of aliphatic carboxylic acids is 1. The molecule has 1 aliphatic heterocycles. The third-order valence-corrected chi connectivity index (χ3v) is 4.03. The molecule has 0 aromatic heterocycles. The van der Waals surface area contributed by atoms with Crippen molar-refractivity contribution in [1.29, 1.82) is 0 Å². The highest BCUT2D eigenvalue weighted by Crippen LogP contribution is 2.35. The van der Waals surface area contributed by atoms with Crippen LogP contribution in [0.1, 0.15) is 39.0 Å². The van der Waals surface area contributed by atoms with E-state index in [4.69, 9.17) is 0 Å². The van der Waals surface area contributed by atoms with Crippen LogP contribution in [0.4, 0.5) is 4.79 Å². The van der Waals surface area contributed by atoms with Gasteiger partial charge in [0.05, 0.1) is 5.41 Å². The zero-order valence-electron chi connectivity index (χ0n) is 12.6. The Morgan fingerprint density at radius 3 is 2.75 bits per heavy atom. The van der Waals surface area contributed by atoms with E-state index in [9.17, 15) is 14.7 Å². The van der Waals surface area contributed by atoms with Gasteiger partial charge in [0, 0.05) is 26.7 Å². The zero-order valence-corrected chi connectivity index (χ0v) is 12.6. The Kier molecular flexibility index (Phi) is 6.05. The van der Waals surface area contributed by atoms with Crippen LogP contribution in [0.2, 0.25) is 0 Å². The van der Waals surface area contributed by atoms with E-state index in [-0.39, 0.29) is 6.03 Å². The number of carbonyl (C=O) groups is 2. The van der Waals surface area contributed by atoms with Crippen molar-refractivity contribution >= 4 is 12.0 Å². The molecule has 5 heteroatoms. The van der Waals surface area contributed by atoms with E-state index < -0.39 is 11.4 Å². The van der Waals surface area contributed by atoms with Crippen LogP contribution in [0, 0.1) is 5.41 Å². The number of urea groups is 1. The Morgan fingerprint density at radius 2 is 2.20 bits per heavy atom. The van der Waals surface area contributed by atoms with Crippen molar-refractivity contribution in [1.82, 2.24) is 9.80 Å². The fourth-order valence-corrected chi connectivity index (χ4v) is 2.81. The summed E-state index contributed by atoms with van der Waals surface area (Å²) in [5.41, 5.74) is -0.744. The summed E-state index contributed by atoms with van der Waals surface area (Å²) >= 11 is 0. The number of allylic oxidation sites excluding steroid dienone is 1. The van der Waals surface area contributed by atoms with Crippen LogP contribution >= 0.6 is 0 Å². The SMILES string of the molecule is C=CCCCN(C)C(=O)N1CCC(CCC)(C(=O)O)C1. The van der Waals surface area contributed by atoms with Crippen LogP contribution in [0.3, 0.4) is 0 Å². The molecule has 1 saturated heterocycles. The molecule has 0 aromatic rings. The number of carboxylic acids is 1. The number of unbranched alkanes of at least 4 members (excludes halogenated alkanes) is 1. The minimum absolute atomic E-state index is 0.0618. The predicted molar refractivity (Wildman–Crippen MR) is 78.6 cm³/mol. The van der Waals surface area contributed by atoms with Gasteiger partial charge in [-0.1, -0.05) is 19.4 Å². The lowest BCUT2D eigenvalue weighted by Gasteiger charge is -2.27. The lowest BCUT2D eigenvalue weighted by atomic mass is 9.83. The van der Waals surface area contributed by atoms with Crippen LogP contribution < -0.4 is 0 Å². The lowest BCUT2D eigenvalue weighted by molar-refractivity contribution is -0.148. The molecule has 1 rings (SSSR count). The number of likely N-dealkylation sites (tertiary alicyclic amines) is 1. The number of carboxylic acid groups (broad SMARTS) is 1. The summed E-state index contributed by atoms with van der Waals surface area (Å²) in [4.78, 5) is 27.1. The second kappa shape index (κ2) is 7.31. The van der Waals surface area contributed by atoms with Gasteiger partial charge >= 0.3 is 12.0 Å². The highest BCUT2D eigenvalue weighted by atomic mass is 16.4. The van der Waals surface area contributed by atoms with E-state index in [0.29, 0.717) is 32.5 Å². The Bertz CT molecular complexity index is 370. The Hall–Kier alpha value is -1.52. The van der Waals surface area contributed by atoms with Crippen LogP contribution in [-0.4, -0.2) is 53.6 Å². The minimum Gasteiger partial charge on any atom is -0.481 e. The summed E-state index contributed by atoms with van der Waals surface area (Å²) in [6.45, 7) is 7.19. The second-order valence-corrected chi connectivity index (χ2v) is 5.64. The molecule has 1 unspecified atom stereocenters. The summed E-state index contributed by atoms with van der Waals surface area (Å²) in [6.07, 6.45) is 5.62. The second-order valence-electron chi connectivity index (χ2n) is 5.64. The van der Waals surface area contributed by atoms with Gasteiger partial charge in [0.15, 0.2) is 0 Å². The molecule has 1 heterocycles. The summed E-state index contributed by atoms with van der Waals surface area (Å²) in [5, 5.41) is 9.44. The molecule has 2 amide bonds. The molecule has 0 bridgehead atoms. The van der Waals surface area contributed by atoms with Gasteiger partial charge in [0.2, 0.25) is 0 Å². The van der Waals surface area contributed by atoms with Crippen LogP contribution in [-0.2, 0) is 4.79 Å². The lowest BCUT2D eigenvalue weighted by Crippen LogP contribution is -2.42. The first kappa shape index (κ1) is 16.5. The monoisotopic (exact) mass is 282 g/mol. The first-order valence-corrected chi connectivity index (χ1v) is 7.31. The molecule has 0 radical (unpaired) electrons. The normalized spacial score (nSPS) is 21.8. The summed E-state index contributed by atoms with van der Waals surface area (Å²) in [7, 11) is 1.77. The maximum Gasteiger partial charge on any atom is 0.319 e. The fraction of sp³-hybridized carbons (Fsp3) is 0.733. The molecule has 0 saturated carbocycles. The van der Waals surface area contributed by atoms with Gasteiger partial charge in [-0.15, -0.1) is 6.58 Å². The number of amides is 2. The van der Waals surface area contributed by atoms with Crippen molar-refractivity contribution in [2.45, 2.75) is 39.0 Å². The average Bonchev–Trinajstić information content (AvgIpc) is 2.84. The maximum absolute atomic E-state index is 12.3. The molecule has 114 valence electrons. The first-order valence-electron chi connectivity index (χ1n) is 7.31. The van der Waals surface area contributed by atoms with Gasteiger partial charge < -0.3 is 14.9 Å². The third kappa shape index (κ3) is 3.74. The van der Waals surface area contributed by atoms with E-state index in [1.807, 2.05) is 13.0 Å². The Morgan fingerprint density at radius 1 is 1.50 bits per heavy atom. The average molecular weight is 282 g/mol. The van der Waals surface area contributed by atoms with Crippen LogP contribution in [0.5, 0.6) is 0 Å². The highest BCUT2D eigenvalue weighted by molar-refractivity contribution is 5.79. The van der Waals surface area contributed by atoms with Crippen molar-refractivity contribution in [3.8, 4) is 0 Å². The molecule has 0 aliphatic carbocycles. The fourth-order valence-electron chi connectivity index (χ4n) is 2.81. The summed E-state index contributed by atoms with van der Waals surface area (Å²) in [5.74, 6) is -0.774. The van der Waals surface area contributed by atoms with Crippen molar-refractivity contribution in [2.75, 3.05) is 26.7 Å². The van der Waals surface area contributed by atoms with Crippen molar-refractivity contribution in [3.05, 3.63) is 12.7 Å². The van der Waals surface area contributed by atoms with Gasteiger partial charge in [0.25, 0.3) is 0 Å². The summed E-state index contributed by atoms with van der Waals surface area (Å²) in [6, 6.07) is -0.0618. The number of nitrogens with zero attached hydrogens (tertiary/aromatic N) is 2. The van der Waals surface area contributed by atoms with Gasteiger partial charge in [-0.25, -0.2) is 4.79 Å².